The van der Waals surface area contributed by atoms with Crippen molar-refractivity contribution < 1.29 is 18.5 Å². The summed E-state index contributed by atoms with van der Waals surface area (Å²) in [6.45, 7) is 7.70. The first-order chi connectivity index (χ1) is 10.6. The summed E-state index contributed by atoms with van der Waals surface area (Å²) in [7, 11) is 1.00. The third-order valence-electron chi connectivity index (χ3n) is 5.17. The number of halogens is 1. The van der Waals surface area contributed by atoms with Gasteiger partial charge < -0.3 is 14.2 Å². The van der Waals surface area contributed by atoms with Gasteiger partial charge >= 0.3 is 7.12 Å². The Bertz CT molecular complexity index is 627. The average molecular weight is 319 g/mol. The normalized spacial score (nSPS) is 22.3. The lowest BCUT2D eigenvalue weighted by molar-refractivity contribution is 0.00578. The number of rotatable bonds is 3. The zero-order valence-electron chi connectivity index (χ0n) is 14.4. The van der Waals surface area contributed by atoms with Gasteiger partial charge in [0.2, 0.25) is 0 Å². The molecule has 1 aromatic rings. The maximum atomic E-state index is 14.5. The zero-order chi connectivity index (χ0) is 17.0. The van der Waals surface area contributed by atoms with E-state index in [1.165, 1.54) is 6.07 Å². The summed E-state index contributed by atoms with van der Waals surface area (Å²) in [6, 6.07) is 4.81. The highest BCUT2D eigenvalue weighted by molar-refractivity contribution is 6.62. The van der Waals surface area contributed by atoms with E-state index in [2.05, 4.69) is 0 Å². The smallest absolute Gasteiger partial charge is 0.399 e. The minimum Gasteiger partial charge on any atom is -0.399 e. The Kier molecular flexibility index (Phi) is 3.80. The lowest BCUT2D eigenvalue weighted by Gasteiger charge is -2.32. The maximum Gasteiger partial charge on any atom is 0.497 e. The van der Waals surface area contributed by atoms with Crippen LogP contribution in [0.15, 0.2) is 18.2 Å². The van der Waals surface area contributed by atoms with E-state index in [1.807, 2.05) is 27.7 Å². The molecule has 0 N–H and O–H groups in total. The molecule has 1 amide bonds. The molecule has 2 fully saturated rings. The highest BCUT2D eigenvalue weighted by atomic mass is 19.1. The number of hydrogen-bond acceptors (Lipinski definition) is 3. The van der Waals surface area contributed by atoms with Gasteiger partial charge in [-0.15, -0.1) is 0 Å². The van der Waals surface area contributed by atoms with Crippen molar-refractivity contribution in [2.45, 2.75) is 57.8 Å². The van der Waals surface area contributed by atoms with Crippen LogP contribution in [0.25, 0.3) is 0 Å². The standard InChI is InChI=1S/C17H23BFNO3/c1-16(2)17(3,4)23-18(22-16)13-9-6-11(10-14(13)19)15(21)20(5)12-7-8-12/h6,9-10,12H,7-8H2,1-5H3. The van der Waals surface area contributed by atoms with Gasteiger partial charge in [0.05, 0.1) is 11.2 Å². The molecule has 1 heterocycles. The highest BCUT2D eigenvalue weighted by Gasteiger charge is 2.52. The van der Waals surface area contributed by atoms with Gasteiger partial charge in [-0.1, -0.05) is 6.07 Å². The molecular formula is C17H23BFNO3. The number of nitrogens with zero attached hydrogens (tertiary/aromatic N) is 1. The molecule has 23 heavy (non-hydrogen) atoms. The largest absolute Gasteiger partial charge is 0.497 e. The van der Waals surface area contributed by atoms with Crippen molar-refractivity contribution in [3.05, 3.63) is 29.6 Å². The Morgan fingerprint density at radius 2 is 1.78 bits per heavy atom. The third kappa shape index (κ3) is 2.90. The van der Waals surface area contributed by atoms with Gasteiger partial charge in [-0.05, 0) is 52.7 Å². The van der Waals surface area contributed by atoms with Gasteiger partial charge in [-0.3, -0.25) is 4.79 Å². The van der Waals surface area contributed by atoms with Crippen LogP contribution in [-0.4, -0.2) is 42.2 Å². The van der Waals surface area contributed by atoms with Crippen molar-refractivity contribution in [3.8, 4) is 0 Å². The van der Waals surface area contributed by atoms with Gasteiger partial charge in [0, 0.05) is 24.1 Å². The number of hydrogen-bond donors (Lipinski definition) is 0. The monoisotopic (exact) mass is 319 g/mol. The molecule has 4 nitrogen and oxygen atoms in total. The van der Waals surface area contributed by atoms with Gasteiger partial charge in [-0.25, -0.2) is 4.39 Å². The predicted octanol–water partition coefficient (Wildman–Crippen LogP) is 2.36. The van der Waals surface area contributed by atoms with Crippen molar-refractivity contribution in [3.63, 3.8) is 0 Å². The van der Waals surface area contributed by atoms with Crippen LogP contribution in [0.1, 0.15) is 50.9 Å². The quantitative estimate of drug-likeness (QED) is 0.803. The van der Waals surface area contributed by atoms with E-state index in [4.69, 9.17) is 9.31 Å². The first-order valence-electron chi connectivity index (χ1n) is 8.04. The molecule has 0 spiro atoms. The summed E-state index contributed by atoms with van der Waals surface area (Å²) in [4.78, 5) is 14.0. The van der Waals surface area contributed by atoms with Gasteiger partial charge in [0.15, 0.2) is 0 Å². The molecule has 2 aliphatic rings. The van der Waals surface area contributed by atoms with Crippen LogP contribution in [0.2, 0.25) is 0 Å². The lowest BCUT2D eigenvalue weighted by Crippen LogP contribution is -2.41. The van der Waals surface area contributed by atoms with Crippen LogP contribution in [0.5, 0.6) is 0 Å². The molecule has 3 rings (SSSR count). The summed E-state index contributed by atoms with van der Waals surface area (Å²) >= 11 is 0. The first kappa shape index (κ1) is 16.5. The summed E-state index contributed by atoms with van der Waals surface area (Å²) in [5.74, 6) is -0.620. The van der Waals surface area contributed by atoms with Crippen LogP contribution in [0.3, 0.4) is 0 Å². The predicted molar refractivity (Wildman–Crippen MR) is 87.2 cm³/mol. The van der Waals surface area contributed by atoms with Crippen LogP contribution < -0.4 is 5.46 Å². The second kappa shape index (κ2) is 5.31. The maximum absolute atomic E-state index is 14.5. The summed E-state index contributed by atoms with van der Waals surface area (Å²) in [5.41, 5.74) is -0.360. The summed E-state index contributed by atoms with van der Waals surface area (Å²) < 4.78 is 26.3. The molecule has 0 aromatic heterocycles. The van der Waals surface area contributed by atoms with Crippen molar-refractivity contribution >= 4 is 18.5 Å². The minimum absolute atomic E-state index is 0.146. The van der Waals surface area contributed by atoms with Gasteiger partial charge in [-0.2, -0.15) is 0 Å². The molecule has 0 unspecified atom stereocenters. The molecule has 124 valence electrons. The Labute approximate surface area is 137 Å². The molecule has 0 radical (unpaired) electrons. The zero-order valence-corrected chi connectivity index (χ0v) is 14.4. The van der Waals surface area contributed by atoms with Crippen molar-refractivity contribution in [1.82, 2.24) is 4.90 Å². The summed E-state index contributed by atoms with van der Waals surface area (Å²) in [6.07, 6.45) is 2.05. The van der Waals surface area contributed by atoms with E-state index >= 15 is 0 Å². The molecule has 6 heteroatoms. The van der Waals surface area contributed by atoms with E-state index in [0.717, 1.165) is 12.8 Å². The Balaban J connectivity index is 1.82. The SMILES string of the molecule is CN(C(=O)c1ccc(B2OC(C)(C)C(C)(C)O2)c(F)c1)C1CC1. The molecule has 1 aliphatic carbocycles. The molecule has 0 atom stereocenters. The fraction of sp³-hybridized carbons (Fsp3) is 0.588. The van der Waals surface area contributed by atoms with Gasteiger partial charge in [0.25, 0.3) is 5.91 Å². The first-order valence-corrected chi connectivity index (χ1v) is 8.04. The van der Waals surface area contributed by atoms with Crippen molar-refractivity contribution in [1.29, 1.82) is 0 Å². The number of benzene rings is 1. The number of amides is 1. The Morgan fingerprint density at radius 3 is 2.26 bits per heavy atom. The lowest BCUT2D eigenvalue weighted by atomic mass is 9.78. The van der Waals surface area contributed by atoms with E-state index < -0.39 is 24.1 Å². The topological polar surface area (TPSA) is 38.8 Å². The molecule has 0 bridgehead atoms. The van der Waals surface area contributed by atoms with E-state index in [1.54, 1.807) is 24.1 Å². The van der Waals surface area contributed by atoms with Crippen LogP contribution >= 0.6 is 0 Å². The summed E-state index contributed by atoms with van der Waals surface area (Å²) in [5, 5.41) is 0. The average Bonchev–Trinajstić information content (AvgIpc) is 3.25. The van der Waals surface area contributed by atoms with Crippen LogP contribution in [0, 0.1) is 5.82 Å². The molecule has 1 aromatic carbocycles. The second-order valence-electron chi connectivity index (χ2n) is 7.47. The highest BCUT2D eigenvalue weighted by Crippen LogP contribution is 2.36. The second-order valence-corrected chi connectivity index (χ2v) is 7.47. The van der Waals surface area contributed by atoms with E-state index in [0.29, 0.717) is 17.1 Å². The van der Waals surface area contributed by atoms with E-state index in [-0.39, 0.29) is 5.91 Å². The van der Waals surface area contributed by atoms with Crippen molar-refractivity contribution in [2.75, 3.05) is 7.05 Å². The number of carbonyl (C=O) groups excluding carboxylic acids is 1. The van der Waals surface area contributed by atoms with Crippen LogP contribution in [-0.2, 0) is 9.31 Å². The fourth-order valence-corrected chi connectivity index (χ4v) is 2.65. The van der Waals surface area contributed by atoms with Crippen molar-refractivity contribution in [2.24, 2.45) is 0 Å². The Hall–Kier alpha value is -1.40. The molecular weight excluding hydrogens is 296 g/mol. The molecule has 1 aliphatic heterocycles. The minimum atomic E-state index is -0.759. The fourth-order valence-electron chi connectivity index (χ4n) is 2.65. The number of carbonyl (C=O) groups is 1. The molecule has 1 saturated heterocycles. The van der Waals surface area contributed by atoms with E-state index in [9.17, 15) is 9.18 Å². The van der Waals surface area contributed by atoms with Gasteiger partial charge in [0.1, 0.15) is 5.82 Å². The third-order valence-corrected chi connectivity index (χ3v) is 5.17. The molecule has 1 saturated carbocycles. The Morgan fingerprint density at radius 1 is 1.22 bits per heavy atom. The van der Waals surface area contributed by atoms with Crippen LogP contribution in [0.4, 0.5) is 4.39 Å².